The van der Waals surface area contributed by atoms with E-state index in [2.05, 4.69) is 10.4 Å². The fourth-order valence-corrected chi connectivity index (χ4v) is 3.67. The first-order valence-corrected chi connectivity index (χ1v) is 8.64. The zero-order valence-electron chi connectivity index (χ0n) is 13.0. The van der Waals surface area contributed by atoms with Crippen LogP contribution in [0.2, 0.25) is 10.3 Å². The molecular weight excluding hydrogens is 405 g/mol. The van der Waals surface area contributed by atoms with Crippen molar-refractivity contribution in [2.24, 2.45) is 7.05 Å². The summed E-state index contributed by atoms with van der Waals surface area (Å²) in [5.74, 6) is -2.28. The van der Waals surface area contributed by atoms with Crippen LogP contribution in [0.1, 0.15) is 15.9 Å². The predicted octanol–water partition coefficient (Wildman–Crippen LogP) is 4.26. The lowest BCUT2D eigenvalue weighted by atomic mass is 10.1. The van der Waals surface area contributed by atoms with Crippen molar-refractivity contribution in [3.05, 3.63) is 67.3 Å². The molecule has 0 spiro atoms. The Hall–Kier alpha value is -2.34. The van der Waals surface area contributed by atoms with Crippen molar-refractivity contribution in [2.75, 3.05) is 0 Å². The van der Waals surface area contributed by atoms with Crippen molar-refractivity contribution < 1.29 is 13.6 Å². The Bertz CT molecular complexity index is 1020. The molecule has 0 bridgehead atoms. The number of nitrogens with zero attached hydrogens (tertiary/aromatic N) is 3. The highest BCUT2D eigenvalue weighted by atomic mass is 35.5. The molecule has 0 saturated heterocycles. The molecule has 3 rings (SSSR count). The van der Waals surface area contributed by atoms with Crippen LogP contribution in [0.5, 0.6) is 0 Å². The van der Waals surface area contributed by atoms with E-state index >= 15 is 0 Å². The molecule has 10 heteroatoms. The summed E-state index contributed by atoms with van der Waals surface area (Å²) in [4.78, 5) is 12.7. The summed E-state index contributed by atoms with van der Waals surface area (Å²) < 4.78 is 29.0. The highest BCUT2D eigenvalue weighted by molar-refractivity contribution is 8.06. The number of halogens is 4. The van der Waals surface area contributed by atoms with E-state index in [-0.39, 0.29) is 37.7 Å². The molecular formula is C16H8Cl2F2N4OS. The van der Waals surface area contributed by atoms with E-state index in [9.17, 15) is 18.8 Å². The first-order valence-electron chi connectivity index (χ1n) is 7.00. The smallest absolute Gasteiger partial charge is 0.212 e. The number of hydrogen-bond acceptors (Lipinski definition) is 5. The van der Waals surface area contributed by atoms with Crippen LogP contribution in [0.3, 0.4) is 0 Å². The summed E-state index contributed by atoms with van der Waals surface area (Å²) in [5, 5.41) is 17.3. The third-order valence-corrected chi connectivity index (χ3v) is 5.10. The van der Waals surface area contributed by atoms with Gasteiger partial charge in [-0.25, -0.2) is 8.78 Å². The lowest BCUT2D eigenvalue weighted by Gasteiger charge is -2.08. The van der Waals surface area contributed by atoms with Gasteiger partial charge in [-0.3, -0.25) is 9.48 Å². The van der Waals surface area contributed by atoms with Gasteiger partial charge in [0.2, 0.25) is 5.78 Å². The third kappa shape index (κ3) is 3.09. The largest absolute Gasteiger partial charge is 0.348 e. The molecule has 1 aliphatic heterocycles. The van der Waals surface area contributed by atoms with Crippen molar-refractivity contribution >= 4 is 46.4 Å². The van der Waals surface area contributed by atoms with Crippen LogP contribution in [0.15, 0.2) is 34.2 Å². The van der Waals surface area contributed by atoms with Crippen LogP contribution in [0, 0.1) is 23.0 Å². The number of carbonyl (C=O) groups excluding carboxylic acids is 1. The van der Waals surface area contributed by atoms with Crippen molar-refractivity contribution in [1.29, 1.82) is 5.26 Å². The number of carbonyl (C=O) groups is 1. The van der Waals surface area contributed by atoms with Gasteiger partial charge in [-0.2, -0.15) is 10.4 Å². The highest BCUT2D eigenvalue weighted by Crippen LogP contribution is 2.36. The minimum absolute atomic E-state index is 0.0234. The second kappa shape index (κ2) is 7.11. The maximum Gasteiger partial charge on any atom is 0.212 e. The molecule has 0 fully saturated rings. The van der Waals surface area contributed by atoms with Gasteiger partial charge in [-0.15, -0.1) is 0 Å². The first kappa shape index (κ1) is 18.5. The van der Waals surface area contributed by atoms with Crippen molar-refractivity contribution in [2.45, 2.75) is 0 Å². The molecule has 1 aliphatic rings. The number of Topliss-reactive ketones (excluding diaryl/α,β-unsaturated/α-hetero) is 1. The Morgan fingerprint density at radius 1 is 1.35 bits per heavy atom. The molecule has 2 aromatic rings. The number of benzene rings is 1. The number of ketones is 1. The minimum atomic E-state index is -0.770. The van der Waals surface area contributed by atoms with E-state index in [1.54, 1.807) is 6.07 Å². The molecule has 2 heterocycles. The van der Waals surface area contributed by atoms with Crippen molar-refractivity contribution in [1.82, 2.24) is 15.1 Å². The maximum absolute atomic E-state index is 13.9. The third-order valence-electron chi connectivity index (χ3n) is 3.50. The number of allylic oxidation sites excluding steroid dienone is 1. The zero-order chi connectivity index (χ0) is 19.0. The Morgan fingerprint density at radius 3 is 2.54 bits per heavy atom. The van der Waals surface area contributed by atoms with Gasteiger partial charge in [0.1, 0.15) is 28.4 Å². The quantitative estimate of drug-likeness (QED) is 0.463. The average molecular weight is 413 g/mol. The fourth-order valence-electron chi connectivity index (χ4n) is 2.29. The standard InChI is InChI=1S/C16H8Cl2F2N4OS/c1-24-15(18)12(14(17)23-24)13(25)7(5-21)16-22-10(6-26-16)11-8(19)3-2-4-9(11)20/h2-4,6,22H,1H3. The number of rotatable bonds is 3. The van der Waals surface area contributed by atoms with Gasteiger partial charge < -0.3 is 5.32 Å². The molecule has 0 atom stereocenters. The maximum atomic E-state index is 13.9. The SMILES string of the molecule is Cn1nc(Cl)c(C(=O)C(C#N)=C2NC(c3c(F)cccc3F)=CS2)c1Cl. The minimum Gasteiger partial charge on any atom is -0.348 e. The number of thioether (sulfide) groups is 1. The van der Waals surface area contributed by atoms with Gasteiger partial charge in [0, 0.05) is 12.5 Å². The molecule has 0 unspecified atom stereocenters. The van der Waals surface area contributed by atoms with Crippen LogP contribution in [-0.4, -0.2) is 15.6 Å². The number of aromatic nitrogens is 2. The Kier molecular flexibility index (Phi) is 5.05. The second-order valence-corrected chi connectivity index (χ2v) is 6.69. The second-order valence-electron chi connectivity index (χ2n) is 5.10. The highest BCUT2D eigenvalue weighted by Gasteiger charge is 2.29. The van der Waals surface area contributed by atoms with E-state index in [0.717, 1.165) is 23.9 Å². The average Bonchev–Trinajstić information content (AvgIpc) is 3.13. The van der Waals surface area contributed by atoms with Gasteiger partial charge in [0.05, 0.1) is 21.9 Å². The summed E-state index contributed by atoms with van der Waals surface area (Å²) in [6.45, 7) is 0. The molecule has 0 saturated carbocycles. The van der Waals surface area contributed by atoms with E-state index in [1.165, 1.54) is 23.2 Å². The summed E-state index contributed by atoms with van der Waals surface area (Å²) >= 11 is 12.9. The van der Waals surface area contributed by atoms with Crippen LogP contribution in [0.4, 0.5) is 8.78 Å². The van der Waals surface area contributed by atoms with E-state index < -0.39 is 17.4 Å². The van der Waals surface area contributed by atoms with Gasteiger partial charge in [0.25, 0.3) is 0 Å². The van der Waals surface area contributed by atoms with Gasteiger partial charge >= 0.3 is 0 Å². The normalized spacial score (nSPS) is 15.3. The van der Waals surface area contributed by atoms with Crippen LogP contribution in [0.25, 0.3) is 5.70 Å². The molecule has 0 radical (unpaired) electrons. The molecule has 0 aliphatic carbocycles. The Labute approximate surface area is 160 Å². The first-order chi connectivity index (χ1) is 12.3. The van der Waals surface area contributed by atoms with Crippen molar-refractivity contribution in [3.8, 4) is 6.07 Å². The molecule has 132 valence electrons. The Morgan fingerprint density at radius 2 is 2.00 bits per heavy atom. The summed E-state index contributed by atoms with van der Waals surface area (Å²) in [6.07, 6.45) is 0. The van der Waals surface area contributed by atoms with Gasteiger partial charge in [0.15, 0.2) is 5.15 Å². The van der Waals surface area contributed by atoms with Crippen LogP contribution >= 0.6 is 35.0 Å². The summed E-state index contributed by atoms with van der Waals surface area (Å²) in [6, 6.07) is 5.24. The van der Waals surface area contributed by atoms with Gasteiger partial charge in [-0.1, -0.05) is 41.0 Å². The molecule has 1 aromatic heterocycles. The fraction of sp³-hybridized carbons (Fsp3) is 0.0625. The van der Waals surface area contributed by atoms with E-state index in [4.69, 9.17) is 23.2 Å². The number of nitriles is 1. The van der Waals surface area contributed by atoms with Crippen LogP contribution < -0.4 is 5.32 Å². The topological polar surface area (TPSA) is 70.7 Å². The van der Waals surface area contributed by atoms with Crippen LogP contribution in [-0.2, 0) is 7.05 Å². The number of hydrogen-bond donors (Lipinski definition) is 1. The molecule has 1 N–H and O–H groups in total. The lowest BCUT2D eigenvalue weighted by Crippen LogP contribution is -2.13. The monoisotopic (exact) mass is 412 g/mol. The lowest BCUT2D eigenvalue weighted by molar-refractivity contribution is 0.103. The predicted molar refractivity (Wildman–Crippen MR) is 95.3 cm³/mol. The van der Waals surface area contributed by atoms with E-state index in [1.807, 2.05) is 0 Å². The molecule has 5 nitrogen and oxygen atoms in total. The molecule has 1 aromatic carbocycles. The van der Waals surface area contributed by atoms with Crippen molar-refractivity contribution in [3.63, 3.8) is 0 Å². The molecule has 26 heavy (non-hydrogen) atoms. The summed E-state index contributed by atoms with van der Waals surface area (Å²) in [5.41, 5.74) is -0.593. The molecule has 0 amide bonds. The number of nitrogens with one attached hydrogen (secondary N) is 1. The number of aryl methyl sites for hydroxylation is 1. The summed E-state index contributed by atoms with van der Waals surface area (Å²) in [7, 11) is 1.49. The Balaban J connectivity index is 1.98. The van der Waals surface area contributed by atoms with Gasteiger partial charge in [-0.05, 0) is 12.1 Å². The zero-order valence-corrected chi connectivity index (χ0v) is 15.3. The van der Waals surface area contributed by atoms with E-state index in [0.29, 0.717) is 0 Å².